The number of anilines is 1. The fourth-order valence-corrected chi connectivity index (χ4v) is 3.19. The van der Waals surface area contributed by atoms with Crippen molar-refractivity contribution in [2.45, 2.75) is 32.0 Å². The number of nitrogens with two attached hydrogens (primary N) is 1. The van der Waals surface area contributed by atoms with Crippen molar-refractivity contribution in [3.05, 3.63) is 51.2 Å². The zero-order chi connectivity index (χ0) is 13.2. The molecule has 2 N–H and O–H groups in total. The van der Waals surface area contributed by atoms with Gasteiger partial charge < -0.3 is 5.73 Å². The summed E-state index contributed by atoms with van der Waals surface area (Å²) in [5.41, 5.74) is 7.65. The molecule has 1 fully saturated rings. The molecule has 1 aromatic heterocycles. The van der Waals surface area contributed by atoms with E-state index in [2.05, 4.69) is 28.5 Å². The Morgan fingerprint density at radius 1 is 1.26 bits per heavy atom. The maximum Gasteiger partial charge on any atom is 0.0638 e. The lowest BCUT2D eigenvalue weighted by molar-refractivity contribution is 0.248. The summed E-state index contributed by atoms with van der Waals surface area (Å²) in [6.07, 6.45) is 2.63. The Labute approximate surface area is 122 Å². The second-order valence-corrected chi connectivity index (χ2v) is 6.51. The number of hydrogen-bond acceptors (Lipinski definition) is 3. The highest BCUT2D eigenvalue weighted by molar-refractivity contribution is 7.09. The summed E-state index contributed by atoms with van der Waals surface area (Å²) in [6.45, 7) is 1.98. The fraction of sp³-hybridized carbons (Fsp3) is 0.333. The molecule has 0 unspecified atom stereocenters. The van der Waals surface area contributed by atoms with Gasteiger partial charge in [-0.3, -0.25) is 4.90 Å². The molecule has 0 spiro atoms. The monoisotopic (exact) mass is 292 g/mol. The van der Waals surface area contributed by atoms with E-state index in [1.807, 2.05) is 23.5 Å². The van der Waals surface area contributed by atoms with E-state index in [4.69, 9.17) is 17.3 Å². The standard InChI is InChI=1S/C15H17ClN2S/c16-14-8-11(3-6-15(14)17)9-18(12-4-5-12)10-13-2-1-7-19-13/h1-3,6-8,12H,4-5,9-10,17H2. The van der Waals surface area contributed by atoms with E-state index in [1.165, 1.54) is 23.3 Å². The van der Waals surface area contributed by atoms with E-state index in [0.717, 1.165) is 19.1 Å². The van der Waals surface area contributed by atoms with Crippen LogP contribution in [0.1, 0.15) is 23.3 Å². The zero-order valence-corrected chi connectivity index (χ0v) is 12.3. The first-order chi connectivity index (χ1) is 9.22. The number of hydrogen-bond donors (Lipinski definition) is 1. The summed E-state index contributed by atoms with van der Waals surface area (Å²) < 4.78 is 0. The Kier molecular flexibility index (Phi) is 3.78. The molecular formula is C15H17ClN2S. The van der Waals surface area contributed by atoms with Crippen molar-refractivity contribution < 1.29 is 0 Å². The summed E-state index contributed by atoms with van der Waals surface area (Å²) >= 11 is 7.92. The number of nitrogen functional groups attached to an aromatic ring is 1. The van der Waals surface area contributed by atoms with Crippen LogP contribution >= 0.6 is 22.9 Å². The molecule has 1 heterocycles. The van der Waals surface area contributed by atoms with Crippen LogP contribution in [0.2, 0.25) is 5.02 Å². The number of benzene rings is 1. The molecule has 0 aliphatic heterocycles. The molecule has 0 amide bonds. The number of rotatable bonds is 5. The third-order valence-electron chi connectivity index (χ3n) is 3.45. The van der Waals surface area contributed by atoms with E-state index in [0.29, 0.717) is 10.7 Å². The zero-order valence-electron chi connectivity index (χ0n) is 10.7. The first-order valence-corrected chi connectivity index (χ1v) is 7.78. The van der Waals surface area contributed by atoms with E-state index < -0.39 is 0 Å². The third-order valence-corrected chi connectivity index (χ3v) is 4.64. The summed E-state index contributed by atoms with van der Waals surface area (Å²) in [7, 11) is 0. The molecule has 4 heteroatoms. The van der Waals surface area contributed by atoms with Gasteiger partial charge in [0.1, 0.15) is 0 Å². The molecule has 2 nitrogen and oxygen atoms in total. The van der Waals surface area contributed by atoms with Gasteiger partial charge in [0.05, 0.1) is 10.7 Å². The van der Waals surface area contributed by atoms with Gasteiger partial charge in [-0.15, -0.1) is 11.3 Å². The summed E-state index contributed by atoms with van der Waals surface area (Å²) in [6, 6.07) is 11.0. The Morgan fingerprint density at radius 2 is 2.11 bits per heavy atom. The smallest absolute Gasteiger partial charge is 0.0638 e. The van der Waals surface area contributed by atoms with Crippen molar-refractivity contribution in [2.75, 3.05) is 5.73 Å². The summed E-state index contributed by atoms with van der Waals surface area (Å²) in [5.74, 6) is 0. The van der Waals surface area contributed by atoms with Gasteiger partial charge in [0, 0.05) is 24.0 Å². The van der Waals surface area contributed by atoms with Crippen molar-refractivity contribution >= 4 is 28.6 Å². The van der Waals surface area contributed by atoms with Crippen LogP contribution in [0.25, 0.3) is 0 Å². The first-order valence-electron chi connectivity index (χ1n) is 6.53. The van der Waals surface area contributed by atoms with Gasteiger partial charge in [-0.05, 0) is 42.0 Å². The van der Waals surface area contributed by atoms with Gasteiger partial charge in [0.15, 0.2) is 0 Å². The number of thiophene rings is 1. The molecule has 1 saturated carbocycles. The highest BCUT2D eigenvalue weighted by Gasteiger charge is 2.29. The van der Waals surface area contributed by atoms with Crippen LogP contribution in [-0.4, -0.2) is 10.9 Å². The maximum absolute atomic E-state index is 6.09. The van der Waals surface area contributed by atoms with Gasteiger partial charge in [0.25, 0.3) is 0 Å². The Hall–Kier alpha value is -1.03. The van der Waals surface area contributed by atoms with Gasteiger partial charge >= 0.3 is 0 Å². The molecule has 0 bridgehead atoms. The minimum atomic E-state index is 0.654. The van der Waals surface area contributed by atoms with Crippen molar-refractivity contribution in [1.82, 2.24) is 4.90 Å². The van der Waals surface area contributed by atoms with Crippen molar-refractivity contribution in [3.8, 4) is 0 Å². The normalized spacial score (nSPS) is 15.1. The van der Waals surface area contributed by atoms with Gasteiger partial charge in [0.2, 0.25) is 0 Å². The van der Waals surface area contributed by atoms with Crippen molar-refractivity contribution in [3.63, 3.8) is 0 Å². The molecule has 1 aliphatic carbocycles. The number of halogens is 1. The van der Waals surface area contributed by atoms with E-state index >= 15 is 0 Å². The molecule has 2 aromatic rings. The Balaban J connectivity index is 1.72. The van der Waals surface area contributed by atoms with Crippen molar-refractivity contribution in [2.24, 2.45) is 0 Å². The fourth-order valence-electron chi connectivity index (χ4n) is 2.26. The SMILES string of the molecule is Nc1ccc(CN(Cc2cccs2)C2CC2)cc1Cl. The average molecular weight is 293 g/mol. The summed E-state index contributed by atoms with van der Waals surface area (Å²) in [4.78, 5) is 3.96. The van der Waals surface area contributed by atoms with Gasteiger partial charge in [-0.2, -0.15) is 0 Å². The van der Waals surface area contributed by atoms with Crippen LogP contribution in [-0.2, 0) is 13.1 Å². The molecule has 1 aliphatic rings. The van der Waals surface area contributed by atoms with Crippen LogP contribution < -0.4 is 5.73 Å². The molecule has 1 aromatic carbocycles. The lowest BCUT2D eigenvalue weighted by Gasteiger charge is -2.21. The molecule has 3 rings (SSSR count). The second kappa shape index (κ2) is 5.53. The largest absolute Gasteiger partial charge is 0.398 e. The summed E-state index contributed by atoms with van der Waals surface area (Å²) in [5, 5.41) is 2.80. The van der Waals surface area contributed by atoms with Gasteiger partial charge in [-0.1, -0.05) is 23.7 Å². The van der Waals surface area contributed by atoms with E-state index in [1.54, 1.807) is 0 Å². The average Bonchev–Trinajstić information content (AvgIpc) is 3.12. The molecular weight excluding hydrogens is 276 g/mol. The molecule has 0 saturated heterocycles. The van der Waals surface area contributed by atoms with Crippen molar-refractivity contribution in [1.29, 1.82) is 0 Å². The minimum absolute atomic E-state index is 0.654. The van der Waals surface area contributed by atoms with E-state index in [-0.39, 0.29) is 0 Å². The number of nitrogens with zero attached hydrogens (tertiary/aromatic N) is 1. The lowest BCUT2D eigenvalue weighted by Crippen LogP contribution is -2.24. The predicted molar refractivity (Wildman–Crippen MR) is 82.5 cm³/mol. The second-order valence-electron chi connectivity index (χ2n) is 5.07. The molecule has 19 heavy (non-hydrogen) atoms. The molecule has 0 radical (unpaired) electrons. The van der Waals surface area contributed by atoms with Crippen LogP contribution in [0.3, 0.4) is 0 Å². The highest BCUT2D eigenvalue weighted by atomic mass is 35.5. The quantitative estimate of drug-likeness (QED) is 0.839. The topological polar surface area (TPSA) is 29.3 Å². The van der Waals surface area contributed by atoms with Crippen LogP contribution in [0.15, 0.2) is 35.7 Å². The predicted octanol–water partition coefficient (Wildman–Crippen LogP) is 4.15. The minimum Gasteiger partial charge on any atom is -0.398 e. The first kappa shape index (κ1) is 13.0. The van der Waals surface area contributed by atoms with Crippen LogP contribution in [0, 0.1) is 0 Å². The van der Waals surface area contributed by atoms with Crippen LogP contribution in [0.4, 0.5) is 5.69 Å². The van der Waals surface area contributed by atoms with Crippen LogP contribution in [0.5, 0.6) is 0 Å². The molecule has 0 atom stereocenters. The highest BCUT2D eigenvalue weighted by Crippen LogP contribution is 2.31. The Bertz CT molecular complexity index is 549. The van der Waals surface area contributed by atoms with Gasteiger partial charge in [-0.25, -0.2) is 0 Å². The third kappa shape index (κ3) is 3.30. The lowest BCUT2D eigenvalue weighted by atomic mass is 10.2. The maximum atomic E-state index is 6.09. The van der Waals surface area contributed by atoms with E-state index in [9.17, 15) is 0 Å². The molecule has 100 valence electrons. The Morgan fingerprint density at radius 3 is 2.74 bits per heavy atom.